The zero-order chi connectivity index (χ0) is 14.8. The lowest BCUT2D eigenvalue weighted by Gasteiger charge is -2.51. The molecule has 0 spiro atoms. The van der Waals surface area contributed by atoms with Crippen molar-refractivity contribution in [3.05, 3.63) is 29.3 Å². The van der Waals surface area contributed by atoms with Crippen LogP contribution in [-0.2, 0) is 6.42 Å². The van der Waals surface area contributed by atoms with Gasteiger partial charge in [0, 0.05) is 0 Å². The van der Waals surface area contributed by atoms with Gasteiger partial charge in [0.05, 0.1) is 6.10 Å². The van der Waals surface area contributed by atoms with Gasteiger partial charge in [-0.1, -0.05) is 19.9 Å². The van der Waals surface area contributed by atoms with Gasteiger partial charge in [0.1, 0.15) is 5.75 Å². The molecule has 6 atom stereocenters. The zero-order valence-electron chi connectivity index (χ0n) is 13.0. The Kier molecular flexibility index (Phi) is 2.91. The predicted molar refractivity (Wildman–Crippen MR) is 83.3 cm³/mol. The van der Waals surface area contributed by atoms with E-state index in [0.29, 0.717) is 34.8 Å². The molecule has 0 bridgehead atoms. The highest BCUT2D eigenvalue weighted by Gasteiger charge is 2.54. The Balaban J connectivity index is 1.75. The van der Waals surface area contributed by atoms with Crippen molar-refractivity contribution < 1.29 is 10.2 Å². The lowest BCUT2D eigenvalue weighted by molar-refractivity contribution is 0.0313. The lowest BCUT2D eigenvalue weighted by Crippen LogP contribution is -2.43. The summed E-state index contributed by atoms with van der Waals surface area (Å²) in [5.74, 6) is 3.06. The Morgan fingerprint density at radius 1 is 1.29 bits per heavy atom. The normalized spacial score (nSPS) is 44.8. The van der Waals surface area contributed by atoms with Crippen LogP contribution in [0.25, 0.3) is 0 Å². The van der Waals surface area contributed by atoms with Gasteiger partial charge in [-0.25, -0.2) is 0 Å². The highest BCUT2D eigenvalue weighted by molar-refractivity contribution is 5.40. The van der Waals surface area contributed by atoms with Crippen LogP contribution in [0.4, 0.5) is 0 Å². The number of aliphatic hydroxyl groups excluding tert-OH is 1. The van der Waals surface area contributed by atoms with Gasteiger partial charge in [-0.2, -0.15) is 0 Å². The summed E-state index contributed by atoms with van der Waals surface area (Å²) < 4.78 is 0. The molecule has 3 aliphatic carbocycles. The van der Waals surface area contributed by atoms with Crippen LogP contribution in [0.1, 0.15) is 56.6 Å². The first-order valence-corrected chi connectivity index (χ1v) is 8.48. The molecule has 2 heteroatoms. The van der Waals surface area contributed by atoms with Gasteiger partial charge in [0.2, 0.25) is 0 Å². The highest BCUT2D eigenvalue weighted by Crippen LogP contribution is 2.62. The van der Waals surface area contributed by atoms with Crippen molar-refractivity contribution in [2.75, 3.05) is 0 Å². The second-order valence-corrected chi connectivity index (χ2v) is 8.14. The first-order valence-electron chi connectivity index (χ1n) is 8.48. The number of phenols is 1. The van der Waals surface area contributed by atoms with Crippen molar-refractivity contribution in [1.82, 2.24) is 0 Å². The number of phenolic OH excluding ortho intramolecular Hbond substituents is 1. The van der Waals surface area contributed by atoms with E-state index in [4.69, 9.17) is 0 Å². The maximum absolute atomic E-state index is 10.2. The fraction of sp³-hybridized carbons (Fsp3) is 0.684. The summed E-state index contributed by atoms with van der Waals surface area (Å²) in [6, 6.07) is 5.98. The minimum absolute atomic E-state index is 0.0906. The average molecular weight is 286 g/mol. The van der Waals surface area contributed by atoms with Gasteiger partial charge in [-0.05, 0) is 84.5 Å². The van der Waals surface area contributed by atoms with E-state index in [1.165, 1.54) is 24.0 Å². The van der Waals surface area contributed by atoms with Gasteiger partial charge in [0.15, 0.2) is 0 Å². The van der Waals surface area contributed by atoms with E-state index >= 15 is 0 Å². The van der Waals surface area contributed by atoms with Crippen molar-refractivity contribution in [2.24, 2.45) is 23.2 Å². The molecule has 2 N–H and O–H groups in total. The number of aliphatic hydroxyl groups is 1. The van der Waals surface area contributed by atoms with Crippen LogP contribution in [0.3, 0.4) is 0 Å². The Hall–Kier alpha value is -1.02. The summed E-state index contributed by atoms with van der Waals surface area (Å²) in [7, 11) is 0. The molecule has 1 aromatic carbocycles. The lowest BCUT2D eigenvalue weighted by atomic mass is 9.53. The number of rotatable bonds is 0. The topological polar surface area (TPSA) is 40.5 Å². The quantitative estimate of drug-likeness (QED) is 0.760. The van der Waals surface area contributed by atoms with Crippen molar-refractivity contribution in [3.63, 3.8) is 0 Å². The fourth-order valence-electron chi connectivity index (χ4n) is 5.99. The first kappa shape index (κ1) is 13.6. The summed E-state index contributed by atoms with van der Waals surface area (Å²) in [5, 5.41) is 20.0. The average Bonchev–Trinajstić information content (AvgIpc) is 2.72. The van der Waals surface area contributed by atoms with Crippen LogP contribution in [0.15, 0.2) is 18.2 Å². The molecule has 1 aromatic rings. The highest BCUT2D eigenvalue weighted by atomic mass is 16.3. The first-order chi connectivity index (χ1) is 9.98. The fourth-order valence-corrected chi connectivity index (χ4v) is 5.99. The minimum Gasteiger partial charge on any atom is -0.508 e. The van der Waals surface area contributed by atoms with E-state index in [0.717, 1.165) is 19.3 Å². The van der Waals surface area contributed by atoms with Gasteiger partial charge in [-0.15, -0.1) is 0 Å². The van der Waals surface area contributed by atoms with Crippen molar-refractivity contribution in [2.45, 2.75) is 58.0 Å². The Morgan fingerprint density at radius 2 is 2.10 bits per heavy atom. The minimum atomic E-state index is -0.0906. The Morgan fingerprint density at radius 3 is 2.90 bits per heavy atom. The molecule has 114 valence electrons. The molecular weight excluding hydrogens is 260 g/mol. The molecule has 21 heavy (non-hydrogen) atoms. The van der Waals surface area contributed by atoms with Crippen LogP contribution in [0.5, 0.6) is 5.75 Å². The molecule has 3 aliphatic rings. The number of benzene rings is 1. The molecular formula is C19H26O2. The molecule has 2 saturated carbocycles. The number of hydrogen-bond donors (Lipinski definition) is 2. The van der Waals surface area contributed by atoms with Crippen LogP contribution in [0, 0.1) is 23.2 Å². The monoisotopic (exact) mass is 286 g/mol. The van der Waals surface area contributed by atoms with Gasteiger partial charge in [0.25, 0.3) is 0 Å². The third-order valence-corrected chi connectivity index (χ3v) is 6.80. The van der Waals surface area contributed by atoms with Crippen LogP contribution < -0.4 is 0 Å². The van der Waals surface area contributed by atoms with E-state index in [2.05, 4.69) is 19.9 Å². The van der Waals surface area contributed by atoms with E-state index in [1.807, 2.05) is 12.1 Å². The van der Waals surface area contributed by atoms with Crippen LogP contribution >= 0.6 is 0 Å². The molecule has 0 radical (unpaired) electrons. The van der Waals surface area contributed by atoms with Crippen molar-refractivity contribution >= 4 is 0 Å². The van der Waals surface area contributed by atoms with Crippen molar-refractivity contribution in [3.8, 4) is 5.75 Å². The molecule has 0 unspecified atom stereocenters. The Bertz CT molecular complexity index is 567. The third-order valence-electron chi connectivity index (χ3n) is 6.80. The summed E-state index contributed by atoms with van der Waals surface area (Å²) in [6.07, 6.45) is 5.46. The SMILES string of the molecule is C[C@@H]1Cc2cc(O)ccc2[C@H]2CC[C@]3(C)C[C@H](O)C[C@H]3[C@H]12. The maximum Gasteiger partial charge on any atom is 0.115 e. The summed E-state index contributed by atoms with van der Waals surface area (Å²) in [5.41, 5.74) is 3.17. The molecule has 4 rings (SSSR count). The smallest absolute Gasteiger partial charge is 0.115 e. The van der Waals surface area contributed by atoms with E-state index in [1.54, 1.807) is 0 Å². The van der Waals surface area contributed by atoms with Crippen molar-refractivity contribution in [1.29, 1.82) is 0 Å². The van der Waals surface area contributed by atoms with E-state index in [9.17, 15) is 10.2 Å². The summed E-state index contributed by atoms with van der Waals surface area (Å²) in [4.78, 5) is 0. The second-order valence-electron chi connectivity index (χ2n) is 8.14. The van der Waals surface area contributed by atoms with Crippen LogP contribution in [-0.4, -0.2) is 16.3 Å². The van der Waals surface area contributed by atoms with Gasteiger partial charge >= 0.3 is 0 Å². The summed E-state index contributed by atoms with van der Waals surface area (Å²) >= 11 is 0. The predicted octanol–water partition coefficient (Wildman–Crippen LogP) is 3.86. The Labute approximate surface area is 127 Å². The summed E-state index contributed by atoms with van der Waals surface area (Å²) in [6.45, 7) is 4.78. The number of fused-ring (bicyclic) bond motifs is 5. The molecule has 2 fully saturated rings. The molecule has 0 heterocycles. The number of aromatic hydroxyl groups is 1. The van der Waals surface area contributed by atoms with Crippen LogP contribution in [0.2, 0.25) is 0 Å². The van der Waals surface area contributed by atoms with Gasteiger partial charge in [-0.3, -0.25) is 0 Å². The van der Waals surface area contributed by atoms with Gasteiger partial charge < -0.3 is 10.2 Å². The maximum atomic E-state index is 10.2. The third kappa shape index (κ3) is 1.95. The number of hydrogen-bond acceptors (Lipinski definition) is 2. The molecule has 0 aromatic heterocycles. The second kappa shape index (κ2) is 4.49. The largest absolute Gasteiger partial charge is 0.508 e. The van der Waals surface area contributed by atoms with E-state index in [-0.39, 0.29) is 6.10 Å². The van der Waals surface area contributed by atoms with E-state index < -0.39 is 0 Å². The standard InChI is InChI=1S/C19H26O2/c1-11-7-12-8-13(20)3-4-15(12)16-5-6-19(2)10-14(21)9-17(19)18(11)16/h3-4,8,11,14,16-18,20-21H,5-7,9-10H2,1-2H3/t11-,14-,16-,17+,18-,19-/m1/s1. The molecule has 2 nitrogen and oxygen atoms in total. The molecule has 0 amide bonds. The molecule has 0 saturated heterocycles. The zero-order valence-corrected chi connectivity index (χ0v) is 13.0. The molecule has 0 aliphatic heterocycles.